The Morgan fingerprint density at radius 3 is 2.19 bits per heavy atom. The maximum absolute atomic E-state index is 12.4. The maximum Gasteiger partial charge on any atom is 0.315 e. The zero-order chi connectivity index (χ0) is 26.5. The van der Waals surface area contributed by atoms with Gasteiger partial charge in [0.05, 0.1) is 19.0 Å². The van der Waals surface area contributed by atoms with E-state index in [1.165, 1.54) is 6.42 Å². The number of amides is 4. The van der Waals surface area contributed by atoms with E-state index < -0.39 is 17.9 Å². The van der Waals surface area contributed by atoms with Gasteiger partial charge in [-0.3, -0.25) is 14.4 Å². The largest absolute Gasteiger partial charge is 0.481 e. The fourth-order valence-electron chi connectivity index (χ4n) is 4.41. The van der Waals surface area contributed by atoms with E-state index in [0.717, 1.165) is 36.8 Å². The fourth-order valence-corrected chi connectivity index (χ4v) is 4.41. The first-order chi connectivity index (χ1) is 17.9. The van der Waals surface area contributed by atoms with Gasteiger partial charge in [0.1, 0.15) is 0 Å². The molecule has 1 unspecified atom stereocenters. The van der Waals surface area contributed by atoms with Crippen LogP contribution in [0.3, 0.4) is 0 Å². The van der Waals surface area contributed by atoms with Crippen molar-refractivity contribution < 1.29 is 24.3 Å². The molecule has 2 aromatic carbocycles. The minimum absolute atomic E-state index is 0.163. The van der Waals surface area contributed by atoms with E-state index in [2.05, 4.69) is 21.3 Å². The molecule has 0 spiro atoms. The molecule has 0 radical (unpaired) electrons. The zero-order valence-electron chi connectivity index (χ0n) is 21.0. The van der Waals surface area contributed by atoms with E-state index in [-0.39, 0.29) is 37.4 Å². The molecule has 0 bridgehead atoms. The summed E-state index contributed by atoms with van der Waals surface area (Å²) in [4.78, 5) is 47.8. The molecule has 0 saturated heterocycles. The number of carboxylic acids is 1. The Balaban J connectivity index is 1.38. The summed E-state index contributed by atoms with van der Waals surface area (Å²) in [5, 5.41) is 20.3. The van der Waals surface area contributed by atoms with Gasteiger partial charge in [0.2, 0.25) is 11.8 Å². The molecule has 0 heterocycles. The number of carbonyl (C=O) groups is 4. The summed E-state index contributed by atoms with van der Waals surface area (Å²) in [5.41, 5.74) is 2.69. The van der Waals surface area contributed by atoms with E-state index in [9.17, 15) is 24.3 Å². The van der Waals surface area contributed by atoms with Gasteiger partial charge in [0.25, 0.3) is 0 Å². The molecule has 0 aliphatic heterocycles. The number of rotatable bonds is 12. The minimum atomic E-state index is -1.04. The molecular formula is C28H36N4O5. The molecule has 5 N–H and O–H groups in total. The second kappa shape index (κ2) is 14.6. The number of aliphatic carboxylic acids is 1. The Hall–Kier alpha value is -3.88. The standard InChI is InChI=1S/C28H36N4O5/c33-25(12-7-17-29-28(37)31-23-10-5-2-6-11-23)30-19-26(34)32-24(18-27(35)36)22-15-13-21(14-16-22)20-8-3-1-4-9-20/h1,3-4,8-9,13-16,23-24H,2,5-7,10-12,17-19H2,(H,30,33)(H,32,34)(H,35,36)(H2,29,31,37). The van der Waals surface area contributed by atoms with Gasteiger partial charge in [-0.05, 0) is 36.0 Å². The van der Waals surface area contributed by atoms with Gasteiger partial charge in [-0.2, -0.15) is 0 Å². The second-order valence-corrected chi connectivity index (χ2v) is 9.32. The van der Waals surface area contributed by atoms with Crippen molar-refractivity contribution in [2.75, 3.05) is 13.1 Å². The van der Waals surface area contributed by atoms with Crippen molar-refractivity contribution in [3.8, 4) is 11.1 Å². The first kappa shape index (κ1) is 27.7. The highest BCUT2D eigenvalue weighted by molar-refractivity contribution is 5.85. The van der Waals surface area contributed by atoms with Crippen molar-refractivity contribution >= 4 is 23.8 Å². The lowest BCUT2D eigenvalue weighted by atomic mass is 9.96. The van der Waals surface area contributed by atoms with Gasteiger partial charge in [-0.25, -0.2) is 4.79 Å². The topological polar surface area (TPSA) is 137 Å². The summed E-state index contributed by atoms with van der Waals surface area (Å²) in [5.74, 6) is -1.83. The number of benzene rings is 2. The van der Waals surface area contributed by atoms with E-state index in [0.29, 0.717) is 18.5 Å². The van der Waals surface area contributed by atoms with Crippen LogP contribution in [0.25, 0.3) is 11.1 Å². The zero-order valence-corrected chi connectivity index (χ0v) is 21.0. The van der Waals surface area contributed by atoms with Crippen LogP contribution >= 0.6 is 0 Å². The van der Waals surface area contributed by atoms with Crippen molar-refractivity contribution in [1.82, 2.24) is 21.3 Å². The van der Waals surface area contributed by atoms with Crippen LogP contribution in [0, 0.1) is 0 Å². The summed E-state index contributed by atoms with van der Waals surface area (Å²) in [6.45, 7) is 0.102. The Labute approximate surface area is 217 Å². The number of carbonyl (C=O) groups excluding carboxylic acids is 3. The monoisotopic (exact) mass is 508 g/mol. The Morgan fingerprint density at radius 2 is 1.51 bits per heavy atom. The molecular weight excluding hydrogens is 472 g/mol. The Kier molecular flexibility index (Phi) is 10.9. The van der Waals surface area contributed by atoms with Gasteiger partial charge >= 0.3 is 12.0 Å². The van der Waals surface area contributed by atoms with Crippen LogP contribution in [0.2, 0.25) is 0 Å². The lowest BCUT2D eigenvalue weighted by Crippen LogP contribution is -2.43. The lowest BCUT2D eigenvalue weighted by molar-refractivity contribution is -0.138. The second-order valence-electron chi connectivity index (χ2n) is 9.32. The van der Waals surface area contributed by atoms with Crippen LogP contribution in [0.1, 0.15) is 63.0 Å². The van der Waals surface area contributed by atoms with Crippen molar-refractivity contribution in [2.24, 2.45) is 0 Å². The molecule has 9 heteroatoms. The average Bonchev–Trinajstić information content (AvgIpc) is 2.90. The van der Waals surface area contributed by atoms with Crippen molar-refractivity contribution in [3.05, 3.63) is 60.2 Å². The van der Waals surface area contributed by atoms with Gasteiger partial charge in [-0.1, -0.05) is 73.9 Å². The quantitative estimate of drug-likeness (QED) is 0.280. The molecule has 37 heavy (non-hydrogen) atoms. The smallest absolute Gasteiger partial charge is 0.315 e. The molecule has 3 rings (SSSR count). The first-order valence-electron chi connectivity index (χ1n) is 12.9. The summed E-state index contributed by atoms with van der Waals surface area (Å²) < 4.78 is 0. The fraction of sp³-hybridized carbons (Fsp3) is 0.429. The maximum atomic E-state index is 12.4. The van der Waals surface area contributed by atoms with Crippen LogP contribution in [0.15, 0.2) is 54.6 Å². The predicted molar refractivity (Wildman–Crippen MR) is 141 cm³/mol. The van der Waals surface area contributed by atoms with E-state index in [4.69, 9.17) is 0 Å². The van der Waals surface area contributed by atoms with Crippen LogP contribution < -0.4 is 21.3 Å². The highest BCUT2D eigenvalue weighted by Crippen LogP contribution is 2.23. The highest BCUT2D eigenvalue weighted by atomic mass is 16.4. The van der Waals surface area contributed by atoms with Gasteiger partial charge < -0.3 is 26.4 Å². The summed E-state index contributed by atoms with van der Waals surface area (Å²) >= 11 is 0. The lowest BCUT2D eigenvalue weighted by Gasteiger charge is -2.22. The molecule has 1 aliphatic carbocycles. The van der Waals surface area contributed by atoms with E-state index in [1.54, 1.807) is 12.1 Å². The van der Waals surface area contributed by atoms with Gasteiger partial charge in [0, 0.05) is 19.0 Å². The molecule has 1 aliphatic rings. The number of hydrogen-bond acceptors (Lipinski definition) is 4. The first-order valence-corrected chi connectivity index (χ1v) is 12.9. The molecule has 0 aromatic heterocycles. The van der Waals surface area contributed by atoms with Crippen LogP contribution in [-0.4, -0.2) is 48.1 Å². The third-order valence-corrected chi connectivity index (χ3v) is 6.39. The SMILES string of the molecule is O=C(O)CC(NC(=O)CNC(=O)CCCNC(=O)NC1CCCCC1)c1ccc(-c2ccccc2)cc1. The Morgan fingerprint density at radius 1 is 0.838 bits per heavy atom. The number of hydrogen-bond donors (Lipinski definition) is 5. The van der Waals surface area contributed by atoms with Crippen LogP contribution in [-0.2, 0) is 14.4 Å². The highest BCUT2D eigenvalue weighted by Gasteiger charge is 2.19. The average molecular weight is 509 g/mol. The van der Waals surface area contributed by atoms with E-state index in [1.807, 2.05) is 42.5 Å². The predicted octanol–water partition coefficient (Wildman–Crippen LogP) is 3.51. The summed E-state index contributed by atoms with van der Waals surface area (Å²) in [7, 11) is 0. The Bertz CT molecular complexity index is 1040. The number of nitrogens with one attached hydrogen (secondary N) is 4. The van der Waals surface area contributed by atoms with Crippen LogP contribution in [0.4, 0.5) is 4.79 Å². The van der Waals surface area contributed by atoms with Crippen molar-refractivity contribution in [2.45, 2.75) is 63.5 Å². The van der Waals surface area contributed by atoms with Gasteiger partial charge in [0.15, 0.2) is 0 Å². The summed E-state index contributed by atoms with van der Waals surface area (Å²) in [6, 6.07) is 16.4. The molecule has 198 valence electrons. The molecule has 4 amide bonds. The number of urea groups is 1. The molecule has 2 aromatic rings. The molecule has 1 fully saturated rings. The van der Waals surface area contributed by atoms with E-state index >= 15 is 0 Å². The normalized spacial score (nSPS) is 14.3. The third kappa shape index (κ3) is 9.95. The summed E-state index contributed by atoms with van der Waals surface area (Å²) in [6.07, 6.45) is 5.83. The minimum Gasteiger partial charge on any atom is -0.481 e. The van der Waals surface area contributed by atoms with Crippen molar-refractivity contribution in [1.29, 1.82) is 0 Å². The van der Waals surface area contributed by atoms with Crippen LogP contribution in [0.5, 0.6) is 0 Å². The third-order valence-electron chi connectivity index (χ3n) is 6.39. The van der Waals surface area contributed by atoms with Crippen molar-refractivity contribution in [3.63, 3.8) is 0 Å². The molecule has 1 saturated carbocycles. The molecule has 1 atom stereocenters. The van der Waals surface area contributed by atoms with Gasteiger partial charge in [-0.15, -0.1) is 0 Å². The molecule has 9 nitrogen and oxygen atoms in total. The number of carboxylic acid groups (broad SMARTS) is 1.